The number of carbonyl (C=O) groups is 1. The molecule has 0 fully saturated rings. The van der Waals surface area contributed by atoms with Crippen molar-refractivity contribution < 1.29 is 4.79 Å². The van der Waals surface area contributed by atoms with E-state index in [4.69, 9.17) is 11.6 Å². The van der Waals surface area contributed by atoms with E-state index in [9.17, 15) is 4.79 Å². The Morgan fingerprint density at radius 2 is 2.00 bits per heavy atom. The predicted octanol–water partition coefficient (Wildman–Crippen LogP) is 5.36. The summed E-state index contributed by atoms with van der Waals surface area (Å²) < 4.78 is 2.08. The van der Waals surface area contributed by atoms with Gasteiger partial charge in [-0.1, -0.05) is 54.0 Å². The van der Waals surface area contributed by atoms with Crippen LogP contribution in [0.15, 0.2) is 47.6 Å². The van der Waals surface area contributed by atoms with E-state index in [1.54, 1.807) is 6.07 Å². The maximum atomic E-state index is 12.4. The molecule has 0 saturated carbocycles. The van der Waals surface area contributed by atoms with E-state index in [0.29, 0.717) is 5.02 Å². The van der Waals surface area contributed by atoms with E-state index in [2.05, 4.69) is 46.1 Å². The van der Waals surface area contributed by atoms with Crippen LogP contribution in [-0.2, 0) is 11.3 Å². The highest BCUT2D eigenvalue weighted by Gasteiger charge is 2.15. The van der Waals surface area contributed by atoms with Crippen LogP contribution in [0.2, 0.25) is 5.02 Å². The van der Waals surface area contributed by atoms with Gasteiger partial charge in [0.1, 0.15) is 0 Å². The third-order valence-electron chi connectivity index (χ3n) is 4.24. The van der Waals surface area contributed by atoms with Gasteiger partial charge in [-0.25, -0.2) is 0 Å². The molecule has 0 aliphatic carbocycles. The summed E-state index contributed by atoms with van der Waals surface area (Å²) in [6.45, 7) is 6.89. The first-order chi connectivity index (χ1) is 13.5. The van der Waals surface area contributed by atoms with Crippen molar-refractivity contribution in [3.8, 4) is 11.4 Å². The van der Waals surface area contributed by atoms with Crippen molar-refractivity contribution >= 4 is 35.0 Å². The van der Waals surface area contributed by atoms with E-state index in [0.717, 1.165) is 40.8 Å². The Morgan fingerprint density at radius 1 is 1.18 bits per heavy atom. The number of carbonyl (C=O) groups excluding carboxylic acids is 1. The number of amides is 1. The second-order valence-corrected chi connectivity index (χ2v) is 8.00. The van der Waals surface area contributed by atoms with Gasteiger partial charge in [0.2, 0.25) is 5.91 Å². The van der Waals surface area contributed by atoms with Crippen molar-refractivity contribution in [3.05, 3.63) is 58.6 Å². The second-order valence-electron chi connectivity index (χ2n) is 6.62. The van der Waals surface area contributed by atoms with E-state index >= 15 is 0 Å². The number of benzene rings is 2. The predicted molar refractivity (Wildman–Crippen MR) is 116 cm³/mol. The zero-order valence-electron chi connectivity index (χ0n) is 16.2. The van der Waals surface area contributed by atoms with Crippen LogP contribution in [-0.4, -0.2) is 26.4 Å². The molecule has 2 aromatic carbocycles. The molecule has 0 aliphatic heterocycles. The molecule has 28 heavy (non-hydrogen) atoms. The molecule has 1 amide bonds. The lowest BCUT2D eigenvalue weighted by Gasteiger charge is -2.10. The molecule has 0 radical (unpaired) electrons. The Balaban J connectivity index is 1.72. The maximum absolute atomic E-state index is 12.4. The van der Waals surface area contributed by atoms with E-state index in [1.165, 1.54) is 17.3 Å². The number of aromatic nitrogens is 3. The van der Waals surface area contributed by atoms with Gasteiger partial charge in [-0.15, -0.1) is 10.2 Å². The number of nitrogens with zero attached hydrogens (tertiary/aromatic N) is 3. The largest absolute Gasteiger partial charge is 0.325 e. The molecule has 0 spiro atoms. The molecule has 0 saturated heterocycles. The van der Waals surface area contributed by atoms with Gasteiger partial charge >= 0.3 is 0 Å². The Labute approximate surface area is 174 Å². The van der Waals surface area contributed by atoms with Gasteiger partial charge in [0.05, 0.1) is 5.75 Å². The summed E-state index contributed by atoms with van der Waals surface area (Å²) in [4.78, 5) is 12.4. The highest BCUT2D eigenvalue weighted by molar-refractivity contribution is 7.99. The van der Waals surface area contributed by atoms with Crippen molar-refractivity contribution in [1.29, 1.82) is 0 Å². The maximum Gasteiger partial charge on any atom is 0.234 e. The van der Waals surface area contributed by atoms with Crippen molar-refractivity contribution in [3.63, 3.8) is 0 Å². The fourth-order valence-electron chi connectivity index (χ4n) is 2.90. The SMILES string of the molecule is CCCn1c(SCC(=O)Nc2ccc(Cl)cc2C)nnc1-c1cccc(C)c1. The van der Waals surface area contributed by atoms with Gasteiger partial charge < -0.3 is 9.88 Å². The van der Waals surface area contributed by atoms with Crippen molar-refractivity contribution in [2.75, 3.05) is 11.1 Å². The number of thioether (sulfide) groups is 1. The second kappa shape index (κ2) is 9.26. The minimum atomic E-state index is -0.0847. The quantitative estimate of drug-likeness (QED) is 0.529. The third-order valence-corrected chi connectivity index (χ3v) is 5.44. The summed E-state index contributed by atoms with van der Waals surface area (Å²) in [7, 11) is 0. The van der Waals surface area contributed by atoms with Crippen molar-refractivity contribution in [2.24, 2.45) is 0 Å². The lowest BCUT2D eigenvalue weighted by atomic mass is 10.1. The van der Waals surface area contributed by atoms with Crippen LogP contribution in [0.25, 0.3) is 11.4 Å². The van der Waals surface area contributed by atoms with Crippen LogP contribution in [0.1, 0.15) is 24.5 Å². The number of aryl methyl sites for hydroxylation is 2. The van der Waals surface area contributed by atoms with Gasteiger partial charge in [0.25, 0.3) is 0 Å². The summed E-state index contributed by atoms with van der Waals surface area (Å²) in [6.07, 6.45) is 0.959. The Kier molecular flexibility index (Phi) is 6.75. The van der Waals surface area contributed by atoms with Crippen LogP contribution in [0.4, 0.5) is 5.69 Å². The zero-order chi connectivity index (χ0) is 20.1. The molecule has 146 valence electrons. The van der Waals surface area contributed by atoms with Gasteiger partial charge in [0.15, 0.2) is 11.0 Å². The number of halogens is 1. The average Bonchev–Trinajstić information content (AvgIpc) is 3.05. The first kappa shape index (κ1) is 20.4. The lowest BCUT2D eigenvalue weighted by molar-refractivity contribution is -0.113. The first-order valence-corrected chi connectivity index (χ1v) is 10.5. The molecular formula is C21H23ClN4OS. The van der Waals surface area contributed by atoms with E-state index in [-0.39, 0.29) is 11.7 Å². The highest BCUT2D eigenvalue weighted by atomic mass is 35.5. The molecule has 0 aliphatic rings. The summed E-state index contributed by atoms with van der Waals surface area (Å²) in [5.41, 5.74) is 3.91. The summed E-state index contributed by atoms with van der Waals surface area (Å²) in [5.74, 6) is 1.01. The molecule has 1 aromatic heterocycles. The molecule has 0 unspecified atom stereocenters. The van der Waals surface area contributed by atoms with Crippen LogP contribution >= 0.6 is 23.4 Å². The van der Waals surface area contributed by atoms with Gasteiger partial charge in [0, 0.05) is 22.8 Å². The minimum Gasteiger partial charge on any atom is -0.325 e. The van der Waals surface area contributed by atoms with Gasteiger partial charge in [-0.05, 0) is 50.1 Å². The molecule has 5 nitrogen and oxygen atoms in total. The number of anilines is 1. The lowest BCUT2D eigenvalue weighted by Crippen LogP contribution is -2.15. The molecule has 7 heteroatoms. The van der Waals surface area contributed by atoms with Crippen LogP contribution in [0, 0.1) is 13.8 Å². The number of hydrogen-bond donors (Lipinski definition) is 1. The standard InChI is InChI=1S/C21H23ClN4OS/c1-4-10-26-20(16-7-5-6-14(2)11-16)24-25-21(26)28-13-19(27)23-18-9-8-17(22)12-15(18)3/h5-9,11-12H,4,10,13H2,1-3H3,(H,23,27). The fraction of sp³-hybridized carbons (Fsp3) is 0.286. The smallest absolute Gasteiger partial charge is 0.234 e. The third kappa shape index (κ3) is 4.94. The Bertz CT molecular complexity index is 986. The molecule has 1 heterocycles. The van der Waals surface area contributed by atoms with Gasteiger partial charge in [-0.2, -0.15) is 0 Å². The fourth-order valence-corrected chi connectivity index (χ4v) is 3.89. The van der Waals surface area contributed by atoms with Crippen LogP contribution < -0.4 is 5.32 Å². The average molecular weight is 415 g/mol. The minimum absolute atomic E-state index is 0.0847. The number of rotatable bonds is 7. The number of nitrogens with one attached hydrogen (secondary N) is 1. The molecular weight excluding hydrogens is 392 g/mol. The summed E-state index contributed by atoms with van der Waals surface area (Å²) in [5, 5.41) is 13.0. The van der Waals surface area contributed by atoms with Crippen LogP contribution in [0.5, 0.6) is 0 Å². The van der Waals surface area contributed by atoms with Crippen LogP contribution in [0.3, 0.4) is 0 Å². The Hall–Kier alpha value is -2.31. The first-order valence-electron chi connectivity index (χ1n) is 9.17. The Morgan fingerprint density at radius 3 is 2.71 bits per heavy atom. The highest BCUT2D eigenvalue weighted by Crippen LogP contribution is 2.26. The molecule has 0 atom stereocenters. The van der Waals surface area contributed by atoms with Gasteiger partial charge in [-0.3, -0.25) is 4.79 Å². The van der Waals surface area contributed by atoms with E-state index < -0.39 is 0 Å². The molecule has 3 rings (SSSR count). The summed E-state index contributed by atoms with van der Waals surface area (Å²) in [6, 6.07) is 13.6. The van der Waals surface area contributed by atoms with Crippen molar-refractivity contribution in [1.82, 2.24) is 14.8 Å². The van der Waals surface area contributed by atoms with Crippen molar-refractivity contribution in [2.45, 2.75) is 38.9 Å². The number of hydrogen-bond acceptors (Lipinski definition) is 4. The molecule has 0 bridgehead atoms. The molecule has 3 aromatic rings. The normalized spacial score (nSPS) is 10.9. The summed E-state index contributed by atoms with van der Waals surface area (Å²) >= 11 is 7.36. The monoisotopic (exact) mass is 414 g/mol. The topological polar surface area (TPSA) is 59.8 Å². The molecule has 1 N–H and O–H groups in total. The zero-order valence-corrected chi connectivity index (χ0v) is 17.8. The van der Waals surface area contributed by atoms with E-state index in [1.807, 2.05) is 31.2 Å².